The van der Waals surface area contributed by atoms with Gasteiger partial charge in [-0.3, -0.25) is 0 Å². The summed E-state index contributed by atoms with van der Waals surface area (Å²) in [6.45, 7) is -0.124. The first-order valence-electron chi connectivity index (χ1n) is 3.98. The zero-order valence-corrected chi connectivity index (χ0v) is 8.44. The minimum absolute atomic E-state index is 0.124. The number of carbonyl (C=O) groups is 1. The van der Waals surface area contributed by atoms with Crippen molar-refractivity contribution in [1.29, 1.82) is 0 Å². The van der Waals surface area contributed by atoms with Crippen LogP contribution in [0.1, 0.15) is 6.42 Å². The first-order chi connectivity index (χ1) is 6.06. The predicted octanol–water partition coefficient (Wildman–Crippen LogP) is -0.241. The average Bonchev–Trinajstić information content (AvgIpc) is 2.32. The normalized spacial score (nSPS) is 39.0. The van der Waals surface area contributed by atoms with E-state index in [0.717, 1.165) is 0 Å². The molecule has 1 amide bonds. The molecule has 0 aromatic rings. The van der Waals surface area contributed by atoms with Crippen molar-refractivity contribution in [3.8, 4) is 0 Å². The Morgan fingerprint density at radius 2 is 2.23 bits per heavy atom. The van der Waals surface area contributed by atoms with E-state index in [2.05, 4.69) is 21.2 Å². The van der Waals surface area contributed by atoms with Crippen molar-refractivity contribution >= 4 is 22.0 Å². The SMILES string of the molecule is O=C(O)N[C@@H]1C[C@@H](CO)[C@@H](O)[C@@H]1Br. The number of amides is 1. The van der Waals surface area contributed by atoms with Gasteiger partial charge in [0.15, 0.2) is 0 Å². The molecule has 1 saturated carbocycles. The standard InChI is InChI=1S/C7H12BrNO4/c8-5-4(9-7(12)13)1-3(2-10)6(5)11/h3-6,9-11H,1-2H2,(H,12,13)/t3-,4+,5+,6+/m0/s1. The van der Waals surface area contributed by atoms with Gasteiger partial charge in [0.05, 0.1) is 10.9 Å². The number of alkyl halides is 1. The van der Waals surface area contributed by atoms with E-state index in [1.165, 1.54) is 0 Å². The van der Waals surface area contributed by atoms with Gasteiger partial charge in [0.25, 0.3) is 0 Å². The zero-order chi connectivity index (χ0) is 10.0. The Hall–Kier alpha value is -0.330. The molecule has 0 unspecified atom stereocenters. The number of nitrogens with one attached hydrogen (secondary N) is 1. The molecule has 0 aliphatic heterocycles. The van der Waals surface area contributed by atoms with Gasteiger partial charge in [-0.2, -0.15) is 0 Å². The molecule has 0 aromatic heterocycles. The number of aliphatic hydroxyl groups excluding tert-OH is 2. The van der Waals surface area contributed by atoms with Crippen molar-refractivity contribution in [2.24, 2.45) is 5.92 Å². The summed E-state index contributed by atoms with van der Waals surface area (Å²) in [6.07, 6.45) is -1.35. The van der Waals surface area contributed by atoms with E-state index in [9.17, 15) is 9.90 Å². The minimum Gasteiger partial charge on any atom is -0.465 e. The summed E-state index contributed by atoms with van der Waals surface area (Å²) in [5.41, 5.74) is 0. The van der Waals surface area contributed by atoms with Crippen LogP contribution in [0.5, 0.6) is 0 Å². The largest absolute Gasteiger partial charge is 0.465 e. The van der Waals surface area contributed by atoms with Gasteiger partial charge in [0.2, 0.25) is 0 Å². The summed E-state index contributed by atoms with van der Waals surface area (Å²) < 4.78 is 0. The second-order valence-corrected chi connectivity index (χ2v) is 4.23. The van der Waals surface area contributed by atoms with Crippen molar-refractivity contribution in [3.63, 3.8) is 0 Å². The second-order valence-electron chi connectivity index (χ2n) is 3.17. The number of carboxylic acid groups (broad SMARTS) is 1. The molecule has 0 radical (unpaired) electrons. The van der Waals surface area contributed by atoms with Gasteiger partial charge >= 0.3 is 6.09 Å². The maximum atomic E-state index is 10.3. The molecular weight excluding hydrogens is 242 g/mol. The second kappa shape index (κ2) is 4.26. The van der Waals surface area contributed by atoms with Gasteiger partial charge in [0.1, 0.15) is 0 Å². The van der Waals surface area contributed by atoms with E-state index in [0.29, 0.717) is 6.42 Å². The summed E-state index contributed by atoms with van der Waals surface area (Å²) in [5, 5.41) is 29.1. The van der Waals surface area contributed by atoms with Crippen molar-refractivity contribution in [2.45, 2.75) is 23.4 Å². The van der Waals surface area contributed by atoms with Crippen LogP contribution in [0, 0.1) is 5.92 Å². The van der Waals surface area contributed by atoms with Crippen LogP contribution in [-0.4, -0.2) is 45.0 Å². The van der Waals surface area contributed by atoms with E-state index in [-0.39, 0.29) is 23.4 Å². The molecular formula is C7H12BrNO4. The van der Waals surface area contributed by atoms with Gasteiger partial charge in [-0.25, -0.2) is 4.79 Å². The van der Waals surface area contributed by atoms with Gasteiger partial charge in [-0.1, -0.05) is 15.9 Å². The Bertz CT molecular complexity index is 201. The Balaban J connectivity index is 2.55. The highest BCUT2D eigenvalue weighted by Crippen LogP contribution is 2.31. The first kappa shape index (κ1) is 10.7. The maximum Gasteiger partial charge on any atom is 0.404 e. The van der Waals surface area contributed by atoms with Crippen LogP contribution in [-0.2, 0) is 0 Å². The summed E-state index contributed by atoms with van der Waals surface area (Å²) >= 11 is 3.19. The van der Waals surface area contributed by atoms with Crippen LogP contribution in [0.3, 0.4) is 0 Å². The maximum absolute atomic E-state index is 10.3. The van der Waals surface area contributed by atoms with Crippen LogP contribution in [0.15, 0.2) is 0 Å². The van der Waals surface area contributed by atoms with Crippen molar-refractivity contribution < 1.29 is 20.1 Å². The molecule has 4 N–H and O–H groups in total. The summed E-state index contributed by atoms with van der Waals surface area (Å²) in [5.74, 6) is -0.249. The highest BCUT2D eigenvalue weighted by Gasteiger charge is 2.41. The molecule has 0 saturated heterocycles. The molecule has 13 heavy (non-hydrogen) atoms. The molecule has 76 valence electrons. The average molecular weight is 254 g/mol. The van der Waals surface area contributed by atoms with E-state index in [4.69, 9.17) is 10.2 Å². The fourth-order valence-electron chi connectivity index (χ4n) is 1.57. The Kier molecular flexibility index (Phi) is 3.52. The molecule has 4 atom stereocenters. The molecule has 1 aliphatic carbocycles. The molecule has 0 heterocycles. The zero-order valence-electron chi connectivity index (χ0n) is 6.85. The quantitative estimate of drug-likeness (QED) is 0.512. The Morgan fingerprint density at radius 1 is 1.62 bits per heavy atom. The summed E-state index contributed by atoms with van der Waals surface area (Å²) in [4.78, 5) is 10.0. The topological polar surface area (TPSA) is 89.8 Å². The highest BCUT2D eigenvalue weighted by molar-refractivity contribution is 9.09. The lowest BCUT2D eigenvalue weighted by molar-refractivity contribution is 0.0947. The Labute approximate surface area is 83.9 Å². The number of hydrogen-bond acceptors (Lipinski definition) is 3. The van der Waals surface area contributed by atoms with Crippen LogP contribution < -0.4 is 5.32 Å². The lowest BCUT2D eigenvalue weighted by atomic mass is 10.1. The molecule has 5 nitrogen and oxygen atoms in total. The van der Waals surface area contributed by atoms with Crippen LogP contribution >= 0.6 is 15.9 Å². The van der Waals surface area contributed by atoms with Crippen LogP contribution in [0.2, 0.25) is 0 Å². The fourth-order valence-corrected chi connectivity index (χ4v) is 2.35. The molecule has 0 spiro atoms. The fraction of sp³-hybridized carbons (Fsp3) is 0.857. The molecule has 1 fully saturated rings. The molecule has 0 bridgehead atoms. The number of halogens is 1. The summed E-state index contributed by atoms with van der Waals surface area (Å²) in [7, 11) is 0. The smallest absolute Gasteiger partial charge is 0.404 e. The van der Waals surface area contributed by atoms with Crippen LogP contribution in [0.25, 0.3) is 0 Å². The minimum atomic E-state index is -1.11. The van der Waals surface area contributed by atoms with E-state index < -0.39 is 12.2 Å². The Morgan fingerprint density at radius 3 is 2.62 bits per heavy atom. The van der Waals surface area contributed by atoms with E-state index in [1.54, 1.807) is 0 Å². The lowest BCUT2D eigenvalue weighted by Gasteiger charge is -2.15. The number of rotatable bonds is 2. The third-order valence-electron chi connectivity index (χ3n) is 2.29. The summed E-state index contributed by atoms with van der Waals surface area (Å²) in [6, 6.07) is -0.329. The molecule has 6 heteroatoms. The van der Waals surface area contributed by atoms with E-state index >= 15 is 0 Å². The monoisotopic (exact) mass is 253 g/mol. The number of aliphatic hydroxyl groups is 2. The molecule has 1 rings (SSSR count). The third kappa shape index (κ3) is 2.32. The van der Waals surface area contributed by atoms with Crippen molar-refractivity contribution in [1.82, 2.24) is 5.32 Å². The highest BCUT2D eigenvalue weighted by atomic mass is 79.9. The number of hydrogen-bond donors (Lipinski definition) is 4. The van der Waals surface area contributed by atoms with Crippen LogP contribution in [0.4, 0.5) is 4.79 Å². The van der Waals surface area contributed by atoms with Gasteiger partial charge in [-0.05, 0) is 6.42 Å². The van der Waals surface area contributed by atoms with Crippen molar-refractivity contribution in [3.05, 3.63) is 0 Å². The van der Waals surface area contributed by atoms with Gasteiger partial charge < -0.3 is 20.6 Å². The third-order valence-corrected chi connectivity index (χ3v) is 3.47. The van der Waals surface area contributed by atoms with Gasteiger partial charge in [-0.15, -0.1) is 0 Å². The lowest BCUT2D eigenvalue weighted by Crippen LogP contribution is -2.39. The first-order valence-corrected chi connectivity index (χ1v) is 4.90. The molecule has 0 aromatic carbocycles. The van der Waals surface area contributed by atoms with Gasteiger partial charge in [0, 0.05) is 18.6 Å². The van der Waals surface area contributed by atoms with Crippen molar-refractivity contribution in [2.75, 3.05) is 6.61 Å². The predicted molar refractivity (Wildman–Crippen MR) is 48.9 cm³/mol. The molecule has 1 aliphatic rings. The van der Waals surface area contributed by atoms with E-state index in [1.807, 2.05) is 0 Å².